The molecule has 1 aliphatic rings. The predicted octanol–water partition coefficient (Wildman–Crippen LogP) is 2.50. The van der Waals surface area contributed by atoms with Crippen molar-refractivity contribution in [3.8, 4) is 5.75 Å². The van der Waals surface area contributed by atoms with Crippen LogP contribution >= 0.6 is 0 Å². The first-order valence-corrected chi connectivity index (χ1v) is 8.08. The highest BCUT2D eigenvalue weighted by Gasteiger charge is 2.31. The molecule has 6 nitrogen and oxygen atoms in total. The van der Waals surface area contributed by atoms with Gasteiger partial charge in [0.15, 0.2) is 0 Å². The minimum Gasteiger partial charge on any atom is -0.489 e. The topological polar surface area (TPSA) is 78.9 Å². The molecule has 1 heterocycles. The zero-order valence-electron chi connectivity index (χ0n) is 13.9. The van der Waals surface area contributed by atoms with Crippen molar-refractivity contribution in [2.75, 3.05) is 19.7 Å². The fraction of sp³-hybridized carbons (Fsp3) is 0.444. The lowest BCUT2D eigenvalue weighted by Gasteiger charge is -2.34. The van der Waals surface area contributed by atoms with E-state index in [0.29, 0.717) is 31.9 Å². The van der Waals surface area contributed by atoms with Gasteiger partial charge >= 0.3 is 12.0 Å². The number of carboxylic acid groups (broad SMARTS) is 1. The second kappa shape index (κ2) is 8.38. The SMILES string of the molecule is C=CCOc1ccccc1CNC(=O)N1CC(C)CC(C(=O)O)C1. The fourth-order valence-electron chi connectivity index (χ4n) is 2.92. The van der Waals surface area contributed by atoms with E-state index in [1.807, 2.05) is 31.2 Å². The lowest BCUT2D eigenvalue weighted by molar-refractivity contribution is -0.143. The number of nitrogens with zero attached hydrogens (tertiary/aromatic N) is 1. The molecule has 6 heteroatoms. The van der Waals surface area contributed by atoms with Crippen LogP contribution in [-0.2, 0) is 11.3 Å². The quantitative estimate of drug-likeness (QED) is 0.785. The largest absolute Gasteiger partial charge is 0.489 e. The molecule has 2 atom stereocenters. The number of carbonyl (C=O) groups is 2. The van der Waals surface area contributed by atoms with Crippen LogP contribution in [-0.4, -0.2) is 41.7 Å². The second-order valence-electron chi connectivity index (χ2n) is 6.15. The molecule has 2 N–H and O–H groups in total. The van der Waals surface area contributed by atoms with E-state index in [4.69, 9.17) is 4.74 Å². The molecule has 24 heavy (non-hydrogen) atoms. The number of urea groups is 1. The molecule has 0 aromatic heterocycles. The standard InChI is InChI=1S/C18H24N2O4/c1-3-8-24-16-7-5-4-6-14(16)10-19-18(23)20-11-13(2)9-15(12-20)17(21)22/h3-7,13,15H,1,8-12H2,2H3,(H,19,23)(H,21,22). The highest BCUT2D eigenvalue weighted by molar-refractivity contribution is 5.76. The second-order valence-corrected chi connectivity index (χ2v) is 6.15. The highest BCUT2D eigenvalue weighted by Crippen LogP contribution is 2.22. The van der Waals surface area contributed by atoms with Crippen LogP contribution < -0.4 is 10.1 Å². The summed E-state index contributed by atoms with van der Waals surface area (Å²) in [7, 11) is 0. The number of piperidine rings is 1. The molecule has 1 aromatic carbocycles. The zero-order chi connectivity index (χ0) is 17.5. The molecule has 130 valence electrons. The highest BCUT2D eigenvalue weighted by atomic mass is 16.5. The van der Waals surface area contributed by atoms with E-state index in [9.17, 15) is 14.7 Å². The Morgan fingerprint density at radius 2 is 2.17 bits per heavy atom. The molecule has 2 rings (SSSR count). The third-order valence-electron chi connectivity index (χ3n) is 4.06. The lowest BCUT2D eigenvalue weighted by atomic mass is 9.91. The molecule has 1 saturated heterocycles. The van der Waals surface area contributed by atoms with Crippen molar-refractivity contribution < 1.29 is 19.4 Å². The van der Waals surface area contributed by atoms with Gasteiger partial charge in [0.1, 0.15) is 12.4 Å². The average molecular weight is 332 g/mol. The van der Waals surface area contributed by atoms with E-state index in [0.717, 1.165) is 5.56 Å². The predicted molar refractivity (Wildman–Crippen MR) is 90.8 cm³/mol. The maximum absolute atomic E-state index is 12.4. The Balaban J connectivity index is 1.95. The minimum atomic E-state index is -0.845. The molecule has 1 aliphatic heterocycles. The summed E-state index contributed by atoms with van der Waals surface area (Å²) >= 11 is 0. The van der Waals surface area contributed by atoms with Crippen molar-refractivity contribution in [1.29, 1.82) is 0 Å². The number of carboxylic acids is 1. The van der Waals surface area contributed by atoms with Gasteiger partial charge < -0.3 is 20.1 Å². The summed E-state index contributed by atoms with van der Waals surface area (Å²) in [5, 5.41) is 12.1. The van der Waals surface area contributed by atoms with Gasteiger partial charge in [-0.1, -0.05) is 37.8 Å². The Bertz CT molecular complexity index is 602. The summed E-state index contributed by atoms with van der Waals surface area (Å²) in [4.78, 5) is 25.2. The molecule has 0 spiro atoms. The number of ether oxygens (including phenoxy) is 1. The van der Waals surface area contributed by atoms with E-state index in [-0.39, 0.29) is 18.5 Å². The molecular formula is C18H24N2O4. The maximum Gasteiger partial charge on any atom is 0.317 e. The van der Waals surface area contributed by atoms with Crippen molar-refractivity contribution in [2.24, 2.45) is 11.8 Å². The van der Waals surface area contributed by atoms with Crippen LogP contribution in [0.2, 0.25) is 0 Å². The maximum atomic E-state index is 12.4. The van der Waals surface area contributed by atoms with Gasteiger partial charge in [-0.05, 0) is 18.4 Å². The molecule has 0 bridgehead atoms. The molecule has 0 radical (unpaired) electrons. The van der Waals surface area contributed by atoms with E-state index in [1.54, 1.807) is 11.0 Å². The first-order chi connectivity index (χ1) is 11.5. The molecule has 1 aromatic rings. The smallest absolute Gasteiger partial charge is 0.317 e. The van der Waals surface area contributed by atoms with E-state index in [1.165, 1.54) is 0 Å². The van der Waals surface area contributed by atoms with Gasteiger partial charge in [-0.15, -0.1) is 0 Å². The number of carbonyl (C=O) groups excluding carboxylic acids is 1. The average Bonchev–Trinajstić information content (AvgIpc) is 2.57. The molecular weight excluding hydrogens is 308 g/mol. The van der Waals surface area contributed by atoms with Crippen LogP contribution in [0.25, 0.3) is 0 Å². The van der Waals surface area contributed by atoms with Crippen molar-refractivity contribution in [2.45, 2.75) is 19.9 Å². The van der Waals surface area contributed by atoms with Gasteiger partial charge in [-0.3, -0.25) is 4.79 Å². The van der Waals surface area contributed by atoms with Crippen molar-refractivity contribution in [3.63, 3.8) is 0 Å². The fourth-order valence-corrected chi connectivity index (χ4v) is 2.92. The van der Waals surface area contributed by atoms with Crippen molar-refractivity contribution in [1.82, 2.24) is 10.2 Å². The molecule has 2 amide bonds. The first kappa shape index (κ1) is 17.8. The van der Waals surface area contributed by atoms with Crippen LogP contribution in [0.15, 0.2) is 36.9 Å². The van der Waals surface area contributed by atoms with Gasteiger partial charge in [0.25, 0.3) is 0 Å². The summed E-state index contributed by atoms with van der Waals surface area (Å²) < 4.78 is 5.57. The van der Waals surface area contributed by atoms with Crippen LogP contribution in [0.4, 0.5) is 4.79 Å². The number of benzene rings is 1. The number of aliphatic carboxylic acids is 1. The number of nitrogens with one attached hydrogen (secondary N) is 1. The third-order valence-corrected chi connectivity index (χ3v) is 4.06. The van der Waals surface area contributed by atoms with Crippen molar-refractivity contribution in [3.05, 3.63) is 42.5 Å². The Morgan fingerprint density at radius 3 is 2.88 bits per heavy atom. The van der Waals surface area contributed by atoms with Crippen LogP contribution in [0.5, 0.6) is 5.75 Å². The summed E-state index contributed by atoms with van der Waals surface area (Å²) in [5.74, 6) is -0.466. The number of rotatable bonds is 6. The minimum absolute atomic E-state index is 0.175. The summed E-state index contributed by atoms with van der Waals surface area (Å²) in [6, 6.07) is 7.23. The van der Waals surface area contributed by atoms with Gasteiger partial charge in [0.2, 0.25) is 0 Å². The lowest BCUT2D eigenvalue weighted by Crippen LogP contribution is -2.49. The van der Waals surface area contributed by atoms with Crippen LogP contribution in [0.3, 0.4) is 0 Å². The molecule has 0 saturated carbocycles. The first-order valence-electron chi connectivity index (χ1n) is 8.08. The zero-order valence-corrected chi connectivity index (χ0v) is 13.9. The van der Waals surface area contributed by atoms with Crippen LogP contribution in [0, 0.1) is 11.8 Å². The number of para-hydroxylation sites is 1. The van der Waals surface area contributed by atoms with Gasteiger partial charge in [0.05, 0.1) is 5.92 Å². The van der Waals surface area contributed by atoms with E-state index in [2.05, 4.69) is 11.9 Å². The Hall–Kier alpha value is -2.50. The van der Waals surface area contributed by atoms with E-state index >= 15 is 0 Å². The number of likely N-dealkylation sites (tertiary alicyclic amines) is 1. The van der Waals surface area contributed by atoms with Crippen molar-refractivity contribution >= 4 is 12.0 Å². The van der Waals surface area contributed by atoms with E-state index < -0.39 is 11.9 Å². The molecule has 1 fully saturated rings. The molecule has 0 aliphatic carbocycles. The normalized spacial score (nSPS) is 20.3. The number of amides is 2. The summed E-state index contributed by atoms with van der Waals surface area (Å²) in [5.41, 5.74) is 0.868. The van der Waals surface area contributed by atoms with Gasteiger partial charge in [0, 0.05) is 25.2 Å². The van der Waals surface area contributed by atoms with Gasteiger partial charge in [-0.2, -0.15) is 0 Å². The Labute approximate surface area is 142 Å². The van der Waals surface area contributed by atoms with Crippen LogP contribution in [0.1, 0.15) is 18.9 Å². The Morgan fingerprint density at radius 1 is 1.42 bits per heavy atom. The molecule has 2 unspecified atom stereocenters. The van der Waals surface area contributed by atoms with Gasteiger partial charge in [-0.25, -0.2) is 4.79 Å². The Kier molecular flexibility index (Phi) is 6.23. The number of hydrogen-bond acceptors (Lipinski definition) is 3. The number of hydrogen-bond donors (Lipinski definition) is 2. The monoisotopic (exact) mass is 332 g/mol. The summed E-state index contributed by atoms with van der Waals surface area (Å²) in [6.07, 6.45) is 2.27. The summed E-state index contributed by atoms with van der Waals surface area (Å²) in [6.45, 7) is 7.14. The third kappa shape index (κ3) is 4.75.